The van der Waals surface area contributed by atoms with Gasteiger partial charge >= 0.3 is 12.2 Å². The van der Waals surface area contributed by atoms with E-state index in [1.54, 1.807) is 65.8 Å². The third-order valence-corrected chi connectivity index (χ3v) is 2.37. The Kier molecular flexibility index (Phi) is 6.38. The summed E-state index contributed by atoms with van der Waals surface area (Å²) in [4.78, 5) is 27.6. The van der Waals surface area contributed by atoms with Crippen LogP contribution in [0, 0.1) is 0 Å². The number of nitrogens with one attached hydrogen (secondary N) is 2. The van der Waals surface area contributed by atoms with Gasteiger partial charge in [-0.05, 0) is 59.7 Å². The molecule has 138 valence electrons. The van der Waals surface area contributed by atoms with E-state index in [1.165, 1.54) is 0 Å². The maximum absolute atomic E-state index is 12.0. The average molecular weight is 350 g/mol. The summed E-state index contributed by atoms with van der Waals surface area (Å²) in [5.74, 6) is -0.130. The Morgan fingerprint density at radius 1 is 1.04 bits per heavy atom. The summed E-state index contributed by atoms with van der Waals surface area (Å²) in [6.45, 7) is 10.3. The second-order valence-electron chi connectivity index (χ2n) is 7.32. The van der Waals surface area contributed by atoms with Gasteiger partial charge in [0.25, 0.3) is 0 Å². The highest BCUT2D eigenvalue weighted by atomic mass is 16.6. The molecule has 0 aliphatic rings. The lowest BCUT2D eigenvalue weighted by molar-refractivity contribution is 0.0562. The van der Waals surface area contributed by atoms with E-state index in [-0.39, 0.29) is 5.96 Å². The number of anilines is 2. The number of nitrogens with zero attached hydrogens (tertiary/aromatic N) is 1. The van der Waals surface area contributed by atoms with Crippen molar-refractivity contribution in [1.29, 1.82) is 0 Å². The molecule has 0 unspecified atom stereocenters. The number of carbonyl (C=O) groups excluding carboxylic acids is 2. The van der Waals surface area contributed by atoms with E-state index in [2.05, 4.69) is 15.6 Å². The van der Waals surface area contributed by atoms with Gasteiger partial charge in [-0.1, -0.05) is 6.07 Å². The minimum Gasteiger partial charge on any atom is -0.444 e. The van der Waals surface area contributed by atoms with E-state index in [0.29, 0.717) is 11.4 Å². The summed E-state index contributed by atoms with van der Waals surface area (Å²) in [5, 5.41) is 5.20. The van der Waals surface area contributed by atoms with E-state index in [4.69, 9.17) is 15.2 Å². The third-order valence-electron chi connectivity index (χ3n) is 2.37. The molecule has 0 aliphatic heterocycles. The fourth-order valence-electron chi connectivity index (χ4n) is 1.62. The molecule has 1 aromatic rings. The van der Waals surface area contributed by atoms with Gasteiger partial charge in [-0.2, -0.15) is 0 Å². The van der Waals surface area contributed by atoms with Crippen molar-refractivity contribution in [1.82, 2.24) is 5.32 Å². The molecular formula is C17H26N4O4. The Balaban J connectivity index is 2.96. The number of alkyl carbamates (subject to hydrolysis) is 1. The number of hydrogen-bond donors (Lipinski definition) is 3. The topological polar surface area (TPSA) is 115 Å². The Morgan fingerprint density at radius 3 is 2.16 bits per heavy atom. The number of carbonyl (C=O) groups is 2. The minimum absolute atomic E-state index is 0.130. The Morgan fingerprint density at radius 2 is 1.64 bits per heavy atom. The molecule has 0 saturated carbocycles. The molecule has 0 fully saturated rings. The molecule has 1 aromatic carbocycles. The number of amides is 2. The molecule has 0 radical (unpaired) electrons. The molecule has 0 aromatic heterocycles. The fraction of sp³-hybridized carbons (Fsp3) is 0.471. The van der Waals surface area contributed by atoms with Gasteiger partial charge in [0.2, 0.25) is 5.96 Å². The number of nitrogen functional groups attached to an aromatic ring is 1. The van der Waals surface area contributed by atoms with Crippen LogP contribution in [0.3, 0.4) is 0 Å². The van der Waals surface area contributed by atoms with Crippen LogP contribution in [0.1, 0.15) is 41.5 Å². The maximum Gasteiger partial charge on any atom is 0.437 e. The molecule has 0 saturated heterocycles. The van der Waals surface area contributed by atoms with Gasteiger partial charge in [-0.3, -0.25) is 5.32 Å². The largest absolute Gasteiger partial charge is 0.444 e. The standard InChI is InChI=1S/C17H26N4O4/c1-16(2,3)24-14(22)20-13(21-15(23)25-17(4,5)6)19-12-9-7-8-11(18)10-12/h7-10H,18H2,1-6H3,(H2,19,20,21,22,23). The fourth-order valence-corrected chi connectivity index (χ4v) is 1.62. The van der Waals surface area contributed by atoms with Gasteiger partial charge < -0.3 is 20.5 Å². The first kappa shape index (κ1) is 20.3. The SMILES string of the molecule is CC(C)(C)OC(=O)/N=C(\NC(=O)OC(C)(C)C)Nc1cccc(N)c1. The van der Waals surface area contributed by atoms with Gasteiger partial charge in [0.05, 0.1) is 0 Å². The lowest BCUT2D eigenvalue weighted by atomic mass is 10.2. The summed E-state index contributed by atoms with van der Waals surface area (Å²) in [5.41, 5.74) is 5.36. The summed E-state index contributed by atoms with van der Waals surface area (Å²) >= 11 is 0. The quantitative estimate of drug-likeness (QED) is 0.406. The zero-order valence-corrected chi connectivity index (χ0v) is 15.5. The Labute approximate surface area is 147 Å². The average Bonchev–Trinajstić information content (AvgIpc) is 2.33. The molecular weight excluding hydrogens is 324 g/mol. The van der Waals surface area contributed by atoms with E-state index >= 15 is 0 Å². The van der Waals surface area contributed by atoms with Crippen molar-refractivity contribution >= 4 is 29.5 Å². The number of benzene rings is 1. The second-order valence-corrected chi connectivity index (χ2v) is 7.32. The number of nitrogens with two attached hydrogens (primary N) is 1. The first-order valence-corrected chi connectivity index (χ1v) is 7.78. The summed E-state index contributed by atoms with van der Waals surface area (Å²) < 4.78 is 10.3. The Hall–Kier alpha value is -2.77. The highest BCUT2D eigenvalue weighted by molar-refractivity contribution is 6.06. The molecule has 0 aliphatic carbocycles. The van der Waals surface area contributed by atoms with Gasteiger partial charge in [0, 0.05) is 11.4 Å². The molecule has 0 spiro atoms. The van der Waals surface area contributed by atoms with Crippen LogP contribution in [0.25, 0.3) is 0 Å². The first-order chi connectivity index (χ1) is 11.3. The summed E-state index contributed by atoms with van der Waals surface area (Å²) in [6.07, 6.45) is -1.61. The normalized spacial score (nSPS) is 12.3. The van der Waals surface area contributed by atoms with Crippen LogP contribution in [0.5, 0.6) is 0 Å². The molecule has 8 nitrogen and oxygen atoms in total. The number of rotatable bonds is 1. The predicted molar refractivity (Wildman–Crippen MR) is 97.5 cm³/mol. The van der Waals surface area contributed by atoms with E-state index in [1.807, 2.05) is 0 Å². The highest BCUT2D eigenvalue weighted by Crippen LogP contribution is 2.13. The molecule has 8 heteroatoms. The third kappa shape index (κ3) is 9.19. The van der Waals surface area contributed by atoms with Crippen molar-refractivity contribution < 1.29 is 19.1 Å². The van der Waals surface area contributed by atoms with Gasteiger partial charge in [0.15, 0.2) is 0 Å². The molecule has 0 bridgehead atoms. The molecule has 0 atom stereocenters. The van der Waals surface area contributed by atoms with E-state index < -0.39 is 23.4 Å². The maximum atomic E-state index is 12.0. The molecule has 1 rings (SSSR count). The van der Waals surface area contributed by atoms with Crippen LogP contribution < -0.4 is 16.4 Å². The van der Waals surface area contributed by atoms with Crippen molar-refractivity contribution in [3.63, 3.8) is 0 Å². The predicted octanol–water partition coefficient (Wildman–Crippen LogP) is 3.50. The van der Waals surface area contributed by atoms with Gasteiger partial charge in [-0.15, -0.1) is 4.99 Å². The van der Waals surface area contributed by atoms with Crippen LogP contribution in [0.4, 0.5) is 21.0 Å². The summed E-state index contributed by atoms with van der Waals surface area (Å²) in [7, 11) is 0. The zero-order chi connectivity index (χ0) is 19.3. The van der Waals surface area contributed by atoms with Crippen molar-refractivity contribution in [2.45, 2.75) is 52.7 Å². The van der Waals surface area contributed by atoms with Crippen LogP contribution in [0.2, 0.25) is 0 Å². The lowest BCUT2D eigenvalue weighted by Crippen LogP contribution is -2.40. The van der Waals surface area contributed by atoms with Crippen LogP contribution in [-0.2, 0) is 9.47 Å². The van der Waals surface area contributed by atoms with E-state index in [9.17, 15) is 9.59 Å². The molecule has 0 heterocycles. The van der Waals surface area contributed by atoms with Crippen LogP contribution in [-0.4, -0.2) is 29.3 Å². The lowest BCUT2D eigenvalue weighted by Gasteiger charge is -2.21. The van der Waals surface area contributed by atoms with Gasteiger partial charge in [0.1, 0.15) is 11.2 Å². The second kappa shape index (κ2) is 7.87. The van der Waals surface area contributed by atoms with Crippen LogP contribution >= 0.6 is 0 Å². The molecule has 25 heavy (non-hydrogen) atoms. The first-order valence-electron chi connectivity index (χ1n) is 7.78. The van der Waals surface area contributed by atoms with E-state index in [0.717, 1.165) is 0 Å². The van der Waals surface area contributed by atoms with Crippen molar-refractivity contribution in [3.8, 4) is 0 Å². The molecule has 4 N–H and O–H groups in total. The molecule has 2 amide bonds. The van der Waals surface area contributed by atoms with Gasteiger partial charge in [-0.25, -0.2) is 9.59 Å². The number of aliphatic imine (C=N–C) groups is 1. The Bertz CT molecular complexity index is 657. The monoisotopic (exact) mass is 350 g/mol. The minimum atomic E-state index is -0.852. The van der Waals surface area contributed by atoms with Crippen LogP contribution in [0.15, 0.2) is 29.3 Å². The highest BCUT2D eigenvalue weighted by Gasteiger charge is 2.20. The zero-order valence-electron chi connectivity index (χ0n) is 15.5. The number of hydrogen-bond acceptors (Lipinski definition) is 5. The van der Waals surface area contributed by atoms with Crippen molar-refractivity contribution in [2.75, 3.05) is 11.1 Å². The van der Waals surface area contributed by atoms with Crippen molar-refractivity contribution in [3.05, 3.63) is 24.3 Å². The number of guanidine groups is 1. The van der Waals surface area contributed by atoms with Crippen molar-refractivity contribution in [2.24, 2.45) is 4.99 Å². The smallest absolute Gasteiger partial charge is 0.437 e. The summed E-state index contributed by atoms with van der Waals surface area (Å²) in [6, 6.07) is 6.76. The number of ether oxygens (including phenoxy) is 2.